The van der Waals surface area contributed by atoms with Gasteiger partial charge in [0.2, 0.25) is 0 Å². The Morgan fingerprint density at radius 2 is 1.37 bits per heavy atom. The van der Waals surface area contributed by atoms with E-state index >= 15 is 0 Å². The Morgan fingerprint density at radius 1 is 0.815 bits per heavy atom. The molecule has 0 radical (unpaired) electrons. The number of hydrogen-bond donors (Lipinski definition) is 1. The summed E-state index contributed by atoms with van der Waals surface area (Å²) < 4.78 is 15.9. The summed E-state index contributed by atoms with van der Waals surface area (Å²) in [5, 5.41) is 10.6. The van der Waals surface area contributed by atoms with E-state index in [-0.39, 0.29) is 32.5 Å². The van der Waals surface area contributed by atoms with E-state index < -0.39 is 5.97 Å². The van der Waals surface area contributed by atoms with Gasteiger partial charge >= 0.3 is 5.97 Å². The number of rotatable bonds is 4. The number of carbonyl (C=O) groups is 1. The highest BCUT2D eigenvalue weighted by atomic mass is 16.5. The number of methoxy groups -OCH3 is 3. The molecule has 27 heavy (non-hydrogen) atoms. The lowest BCUT2D eigenvalue weighted by molar-refractivity contribution is 0.0696. The molecular weight excluding hydrogens is 352 g/mol. The third-order valence-corrected chi connectivity index (χ3v) is 4.34. The summed E-state index contributed by atoms with van der Waals surface area (Å²) in [4.78, 5) is 35.1. The topological polar surface area (TPSA) is 99.1 Å². The van der Waals surface area contributed by atoms with Gasteiger partial charge in [-0.3, -0.25) is 0 Å². The first-order valence-electron chi connectivity index (χ1n) is 7.73. The largest absolute Gasteiger partial charge is 0.497 e. The predicted molar refractivity (Wildman–Crippen MR) is 96.9 cm³/mol. The number of hydrogen-bond acceptors (Lipinski definition) is 6. The van der Waals surface area contributed by atoms with Gasteiger partial charge in [0.25, 0.3) is 0 Å². The summed E-state index contributed by atoms with van der Waals surface area (Å²) in [7, 11) is 4.21. The minimum atomic E-state index is -1.20. The number of fused-ring (bicyclic) bond motifs is 2. The Morgan fingerprint density at radius 3 is 1.85 bits per heavy atom. The summed E-state index contributed by atoms with van der Waals surface area (Å²) in [5.74, 6) is 3.33. The first-order valence-corrected chi connectivity index (χ1v) is 7.73. The highest BCUT2D eigenvalue weighted by Crippen LogP contribution is 2.31. The smallest absolute Gasteiger partial charge is 0.335 e. The third kappa shape index (κ3) is 2.68. The highest BCUT2D eigenvalue weighted by Gasteiger charge is 2.19. The van der Waals surface area contributed by atoms with Crippen LogP contribution in [-0.4, -0.2) is 44.3 Å². The number of carboxylic acids is 1. The van der Waals surface area contributed by atoms with Crippen molar-refractivity contribution >= 4 is 39.4 Å². The minimum absolute atomic E-state index is 0.0672. The van der Waals surface area contributed by atoms with Crippen molar-refractivity contribution in [3.8, 4) is 17.2 Å². The third-order valence-electron chi connectivity index (χ3n) is 4.34. The van der Waals surface area contributed by atoms with Crippen LogP contribution in [0.1, 0.15) is 10.4 Å². The van der Waals surface area contributed by atoms with Crippen LogP contribution in [0.2, 0.25) is 0 Å². The van der Waals surface area contributed by atoms with Gasteiger partial charge in [0.1, 0.15) is 29.1 Å². The van der Waals surface area contributed by atoms with Crippen LogP contribution >= 0.6 is 0 Å². The molecule has 0 aliphatic heterocycles. The second-order valence-electron chi connectivity index (χ2n) is 5.61. The number of carboxylic acid groups (broad SMARTS) is 1. The van der Waals surface area contributed by atoms with Crippen molar-refractivity contribution in [3.63, 3.8) is 0 Å². The molecule has 0 fully saturated rings. The maximum Gasteiger partial charge on any atom is 0.335 e. The van der Waals surface area contributed by atoms with Crippen LogP contribution in [0.25, 0.3) is 21.5 Å². The quantitative estimate of drug-likeness (QED) is 0.680. The first kappa shape index (κ1) is 18.0. The molecule has 3 aromatic carbocycles. The molecule has 0 aliphatic carbocycles. The van der Waals surface area contributed by atoms with Crippen LogP contribution in [-0.2, 0) is 9.59 Å². The van der Waals surface area contributed by atoms with Crippen molar-refractivity contribution in [2.75, 3.05) is 21.3 Å². The van der Waals surface area contributed by atoms with E-state index in [0.717, 1.165) is 0 Å². The second kappa shape index (κ2) is 6.84. The fourth-order valence-corrected chi connectivity index (χ4v) is 3.16. The molecule has 0 amide bonds. The molecule has 0 saturated heterocycles. The number of ether oxygens (including phenoxy) is 3. The zero-order valence-electron chi connectivity index (χ0n) is 14.7. The molecule has 3 aromatic rings. The van der Waals surface area contributed by atoms with Crippen LogP contribution in [0.3, 0.4) is 0 Å². The van der Waals surface area contributed by atoms with Gasteiger partial charge in [0.15, 0.2) is 0 Å². The van der Waals surface area contributed by atoms with Gasteiger partial charge in [-0.1, -0.05) is 0 Å². The molecule has 0 saturated carbocycles. The zero-order valence-corrected chi connectivity index (χ0v) is 14.7. The maximum atomic E-state index is 11.9. The van der Waals surface area contributed by atoms with Gasteiger partial charge in [-0.15, -0.1) is 0 Å². The molecule has 0 heterocycles. The molecule has 3 rings (SSSR count). The van der Waals surface area contributed by atoms with Crippen LogP contribution in [0.15, 0.2) is 24.3 Å². The lowest BCUT2D eigenvalue weighted by Crippen LogP contribution is -2.19. The Hall–Kier alpha value is -3.79. The zero-order chi connectivity index (χ0) is 19.7. The normalized spacial score (nSPS) is 10.3. The standard InChI is InChI=1S/C20H14O7/c1-25-11-6-13-14(8-21)12-4-10(20(23)24)5-16(26-2)18(12)15(9-22)19(13)17(7-11)27-3/h4-7H,1-3H3,(H,23,24). The van der Waals surface area contributed by atoms with E-state index in [0.29, 0.717) is 22.3 Å². The number of aromatic carboxylic acids is 1. The van der Waals surface area contributed by atoms with E-state index in [1.807, 2.05) is 11.9 Å². The second-order valence-corrected chi connectivity index (χ2v) is 5.61. The average molecular weight is 366 g/mol. The minimum Gasteiger partial charge on any atom is -0.497 e. The molecule has 0 aliphatic rings. The van der Waals surface area contributed by atoms with Crippen LogP contribution in [0.5, 0.6) is 17.2 Å². The molecule has 7 nitrogen and oxygen atoms in total. The van der Waals surface area contributed by atoms with Gasteiger partial charge in [0, 0.05) is 27.6 Å². The molecular formula is C20H14O7. The summed E-state index contributed by atoms with van der Waals surface area (Å²) in [6.45, 7) is 0. The van der Waals surface area contributed by atoms with Crippen LogP contribution in [0.4, 0.5) is 0 Å². The van der Waals surface area contributed by atoms with Crippen molar-refractivity contribution in [2.45, 2.75) is 0 Å². The van der Waals surface area contributed by atoms with Gasteiger partial charge in [-0.25, -0.2) is 14.4 Å². The molecule has 136 valence electrons. The van der Waals surface area contributed by atoms with Crippen molar-refractivity contribution in [1.82, 2.24) is 0 Å². The summed E-state index contributed by atoms with van der Waals surface area (Å²) in [5.41, 5.74) is -0.0955. The Bertz CT molecular complexity index is 1260. The fraction of sp³-hybridized carbons (Fsp3) is 0.150. The van der Waals surface area contributed by atoms with E-state index in [1.54, 1.807) is 12.1 Å². The summed E-state index contributed by atoms with van der Waals surface area (Å²) in [6.07, 6.45) is 0. The van der Waals surface area contributed by atoms with E-state index in [9.17, 15) is 19.5 Å². The van der Waals surface area contributed by atoms with Gasteiger partial charge < -0.3 is 19.3 Å². The molecule has 0 atom stereocenters. The Labute approximate surface area is 152 Å². The maximum absolute atomic E-state index is 11.9. The SMILES string of the molecule is COc1cc(OC)c2c(=C=O)c3c(OC)cc(C(=O)O)cc3c(=C=O)c2c1. The summed E-state index contributed by atoms with van der Waals surface area (Å²) >= 11 is 0. The molecule has 0 unspecified atom stereocenters. The lowest BCUT2D eigenvalue weighted by Gasteiger charge is -2.13. The lowest BCUT2D eigenvalue weighted by atomic mass is 9.95. The molecule has 1 N–H and O–H groups in total. The van der Waals surface area contributed by atoms with Gasteiger partial charge in [-0.05, 0) is 18.2 Å². The van der Waals surface area contributed by atoms with Gasteiger partial charge in [-0.2, -0.15) is 0 Å². The molecule has 0 bridgehead atoms. The van der Waals surface area contributed by atoms with E-state index in [4.69, 9.17) is 14.2 Å². The first-order chi connectivity index (χ1) is 13.0. The Balaban J connectivity index is 2.82. The number of carbonyl (C=O) groups excluding carboxylic acids is 2. The van der Waals surface area contributed by atoms with E-state index in [2.05, 4.69) is 0 Å². The van der Waals surface area contributed by atoms with Crippen molar-refractivity contribution < 1.29 is 33.7 Å². The van der Waals surface area contributed by atoms with Gasteiger partial charge in [0.05, 0.1) is 37.3 Å². The monoisotopic (exact) mass is 366 g/mol. The summed E-state index contributed by atoms with van der Waals surface area (Å²) in [6, 6.07) is 5.70. The Kier molecular flexibility index (Phi) is 4.57. The van der Waals surface area contributed by atoms with E-state index in [1.165, 1.54) is 33.5 Å². The van der Waals surface area contributed by atoms with Crippen LogP contribution in [0, 0.1) is 0 Å². The molecule has 0 aromatic heterocycles. The molecule has 7 heteroatoms. The average Bonchev–Trinajstić information content (AvgIpc) is 2.69. The van der Waals surface area contributed by atoms with Crippen molar-refractivity contribution in [1.29, 1.82) is 0 Å². The van der Waals surface area contributed by atoms with Crippen LogP contribution < -0.4 is 24.6 Å². The molecule has 0 spiro atoms. The number of benzene rings is 3. The highest BCUT2D eigenvalue weighted by molar-refractivity contribution is 6.10. The van der Waals surface area contributed by atoms with Crippen molar-refractivity contribution in [3.05, 3.63) is 40.3 Å². The van der Waals surface area contributed by atoms with Crippen molar-refractivity contribution in [2.24, 2.45) is 0 Å². The fourth-order valence-electron chi connectivity index (χ4n) is 3.16. The predicted octanol–water partition coefficient (Wildman–Crippen LogP) is 0.723.